The summed E-state index contributed by atoms with van der Waals surface area (Å²) in [5, 5.41) is 21.6. The normalized spacial score (nSPS) is 21.0. The molecule has 1 saturated heterocycles. The monoisotopic (exact) mass is 613 g/mol. The number of benzene rings is 1. The lowest BCUT2D eigenvalue weighted by Gasteiger charge is -2.34. The van der Waals surface area contributed by atoms with Crippen molar-refractivity contribution in [3.05, 3.63) is 42.5 Å². The second kappa shape index (κ2) is 13.6. The van der Waals surface area contributed by atoms with Crippen LogP contribution in [0.25, 0.3) is 11.2 Å². The average molecular weight is 614 g/mol. The van der Waals surface area contributed by atoms with Gasteiger partial charge in [-0.2, -0.15) is 0 Å². The summed E-state index contributed by atoms with van der Waals surface area (Å²) in [5.74, 6) is -3.01. The zero-order chi connectivity index (χ0) is 32.1. The van der Waals surface area contributed by atoms with Crippen LogP contribution in [0.2, 0.25) is 0 Å². The number of fused-ring (bicyclic) bond motifs is 1. The summed E-state index contributed by atoms with van der Waals surface area (Å²) in [5.41, 5.74) is 30.0. The quantitative estimate of drug-likeness (QED) is 0.0627. The Bertz CT molecular complexity index is 1530. The lowest BCUT2D eigenvalue weighted by Crippen LogP contribution is -2.62. The van der Waals surface area contributed by atoms with Crippen LogP contribution in [0.1, 0.15) is 24.6 Å². The molecule has 1 aliphatic heterocycles. The van der Waals surface area contributed by atoms with Crippen molar-refractivity contribution in [3.8, 4) is 5.75 Å². The van der Waals surface area contributed by atoms with Crippen molar-refractivity contribution in [1.82, 2.24) is 24.4 Å². The summed E-state index contributed by atoms with van der Waals surface area (Å²) in [4.78, 5) is 56.7. The van der Waals surface area contributed by atoms with Crippen molar-refractivity contribution >= 4 is 40.7 Å². The Balaban J connectivity index is 1.69. The fraction of sp³-hybridized carbons (Fsp3) is 0.423. The number of aromatic nitrogens is 4. The number of nitrogens with two attached hydrogens (primary N) is 5. The molecule has 236 valence electrons. The molecule has 0 aliphatic carbocycles. The molecule has 4 rings (SSSR count). The number of nitrogen functional groups attached to an aromatic ring is 1. The highest BCUT2D eigenvalue weighted by atomic mass is 16.6. The minimum atomic E-state index is -1.87. The SMILES string of the molecule is COc1ccc(C[C@H](N)C(=O)N(C(=O)[C@@H](N)CCCN=C(N)N)[C@H]2[C@@H](O)[C@H](n3cnc4c(N)ncnc43)O[C@@H]2C(=O)O)cc1. The maximum absolute atomic E-state index is 13.9. The Hall–Kier alpha value is -4.91. The molecule has 3 heterocycles. The molecule has 0 spiro atoms. The van der Waals surface area contributed by atoms with E-state index in [0.717, 1.165) is 6.33 Å². The largest absolute Gasteiger partial charge is 0.497 e. The number of methoxy groups -OCH3 is 1. The first-order valence-electron chi connectivity index (χ1n) is 13.5. The molecule has 3 aromatic rings. The molecule has 2 aromatic heterocycles. The predicted octanol–water partition coefficient (Wildman–Crippen LogP) is -2.57. The summed E-state index contributed by atoms with van der Waals surface area (Å²) in [6, 6.07) is 2.36. The fourth-order valence-electron chi connectivity index (χ4n) is 4.94. The van der Waals surface area contributed by atoms with Gasteiger partial charge in [0.2, 0.25) is 11.8 Å². The maximum atomic E-state index is 13.9. The van der Waals surface area contributed by atoms with Crippen LogP contribution in [0.5, 0.6) is 5.75 Å². The molecule has 12 N–H and O–H groups in total. The topological polar surface area (TPSA) is 299 Å². The number of guanidine groups is 1. The van der Waals surface area contributed by atoms with E-state index in [-0.39, 0.29) is 48.7 Å². The van der Waals surface area contributed by atoms with E-state index >= 15 is 0 Å². The van der Waals surface area contributed by atoms with Crippen LogP contribution in [0, 0.1) is 0 Å². The Morgan fingerprint density at radius 3 is 2.43 bits per heavy atom. The van der Waals surface area contributed by atoms with Crippen molar-refractivity contribution < 1.29 is 34.1 Å². The molecule has 0 saturated carbocycles. The molecular formula is C26H35N11O7. The van der Waals surface area contributed by atoms with Crippen molar-refractivity contribution in [2.75, 3.05) is 19.4 Å². The van der Waals surface area contributed by atoms with Gasteiger partial charge in [0, 0.05) is 6.54 Å². The third-order valence-corrected chi connectivity index (χ3v) is 7.13. The third-order valence-electron chi connectivity index (χ3n) is 7.13. The van der Waals surface area contributed by atoms with Gasteiger partial charge < -0.3 is 48.4 Å². The van der Waals surface area contributed by atoms with Gasteiger partial charge in [0.15, 0.2) is 29.8 Å². The Kier molecular flexibility index (Phi) is 9.89. The second-order valence-corrected chi connectivity index (χ2v) is 10.1. The van der Waals surface area contributed by atoms with Crippen LogP contribution < -0.4 is 33.4 Å². The molecule has 18 heteroatoms. The number of aliphatic hydroxyl groups is 1. The number of carboxylic acids is 1. The number of aliphatic hydroxyl groups excluding tert-OH is 1. The number of hydrogen-bond donors (Lipinski definition) is 7. The molecule has 0 radical (unpaired) electrons. The van der Waals surface area contributed by atoms with Gasteiger partial charge >= 0.3 is 5.97 Å². The van der Waals surface area contributed by atoms with E-state index in [2.05, 4.69) is 19.9 Å². The van der Waals surface area contributed by atoms with Gasteiger partial charge in [-0.1, -0.05) is 12.1 Å². The highest BCUT2D eigenvalue weighted by molar-refractivity contribution is 6.01. The minimum Gasteiger partial charge on any atom is -0.497 e. The maximum Gasteiger partial charge on any atom is 0.335 e. The molecule has 18 nitrogen and oxygen atoms in total. The van der Waals surface area contributed by atoms with Gasteiger partial charge in [0.25, 0.3) is 0 Å². The van der Waals surface area contributed by atoms with Gasteiger partial charge in [-0.15, -0.1) is 0 Å². The number of carboxylic acid groups (broad SMARTS) is 1. The van der Waals surface area contributed by atoms with Crippen LogP contribution in [0.3, 0.4) is 0 Å². The number of carbonyl (C=O) groups is 3. The standard InChI is InChI=1S/C26H35N11O7/c1-43-13-6-4-12(5-7-13)9-15(28)23(40)37(22(39)14(27)3-2-8-32-26(30)31)17-18(38)24(44-19(17)25(41)42)36-11-35-16-20(29)33-10-34-21(16)36/h4-7,10-11,14-15,17-19,24,38H,2-3,8-9,27-28H2,1H3,(H,41,42)(H2,29,33,34)(H4,30,31,32)/t14-,15-,17-,18+,19-,24+/m0/s1. The summed E-state index contributed by atoms with van der Waals surface area (Å²) in [6.45, 7) is 0.155. The van der Waals surface area contributed by atoms with E-state index in [0.29, 0.717) is 16.2 Å². The summed E-state index contributed by atoms with van der Waals surface area (Å²) >= 11 is 0. The third kappa shape index (κ3) is 6.67. The Morgan fingerprint density at radius 2 is 1.80 bits per heavy atom. The van der Waals surface area contributed by atoms with Crippen molar-refractivity contribution in [1.29, 1.82) is 0 Å². The average Bonchev–Trinajstić information content (AvgIpc) is 3.57. The lowest BCUT2D eigenvalue weighted by molar-refractivity contribution is -0.159. The van der Waals surface area contributed by atoms with Crippen molar-refractivity contribution in [2.45, 2.75) is 55.8 Å². The number of anilines is 1. The zero-order valence-electron chi connectivity index (χ0n) is 23.8. The molecule has 1 aromatic carbocycles. The first-order valence-corrected chi connectivity index (χ1v) is 13.5. The second-order valence-electron chi connectivity index (χ2n) is 10.1. The van der Waals surface area contributed by atoms with E-state index < -0.39 is 54.3 Å². The van der Waals surface area contributed by atoms with Gasteiger partial charge in [0.05, 0.1) is 25.5 Å². The Morgan fingerprint density at radius 1 is 1.11 bits per heavy atom. The van der Waals surface area contributed by atoms with Crippen LogP contribution in [0.15, 0.2) is 41.9 Å². The van der Waals surface area contributed by atoms with Crippen LogP contribution in [0.4, 0.5) is 5.82 Å². The number of aliphatic carboxylic acids is 1. The number of ether oxygens (including phenoxy) is 2. The van der Waals surface area contributed by atoms with Crippen molar-refractivity contribution in [2.24, 2.45) is 27.9 Å². The molecule has 0 bridgehead atoms. The molecule has 2 amide bonds. The van der Waals surface area contributed by atoms with Gasteiger partial charge in [0.1, 0.15) is 29.7 Å². The van der Waals surface area contributed by atoms with E-state index in [4.69, 9.17) is 38.1 Å². The van der Waals surface area contributed by atoms with Crippen LogP contribution in [-0.4, -0.2) is 102 Å². The highest BCUT2D eigenvalue weighted by Crippen LogP contribution is 2.35. The minimum absolute atomic E-state index is 0.0281. The number of aliphatic imine (C=N–C) groups is 1. The van der Waals surface area contributed by atoms with E-state index in [1.807, 2.05) is 0 Å². The molecule has 44 heavy (non-hydrogen) atoms. The summed E-state index contributed by atoms with van der Waals surface area (Å²) in [7, 11) is 1.50. The van der Waals surface area contributed by atoms with Crippen LogP contribution in [-0.2, 0) is 25.5 Å². The fourth-order valence-corrected chi connectivity index (χ4v) is 4.94. The predicted molar refractivity (Wildman–Crippen MR) is 155 cm³/mol. The van der Waals surface area contributed by atoms with E-state index in [1.54, 1.807) is 24.3 Å². The molecule has 0 unspecified atom stereocenters. The first kappa shape index (κ1) is 32.0. The molecule has 6 atom stereocenters. The number of imidazole rings is 1. The lowest BCUT2D eigenvalue weighted by atomic mass is 9.99. The zero-order valence-corrected chi connectivity index (χ0v) is 23.8. The summed E-state index contributed by atoms with van der Waals surface area (Å²) < 4.78 is 12.1. The van der Waals surface area contributed by atoms with Gasteiger partial charge in [-0.05, 0) is 37.0 Å². The van der Waals surface area contributed by atoms with Crippen LogP contribution >= 0.6 is 0 Å². The van der Waals surface area contributed by atoms with E-state index in [1.165, 1.54) is 18.0 Å². The Labute approximate surface area is 250 Å². The summed E-state index contributed by atoms with van der Waals surface area (Å²) in [6.07, 6.45) is -2.45. The van der Waals surface area contributed by atoms with Crippen molar-refractivity contribution in [3.63, 3.8) is 0 Å². The highest BCUT2D eigenvalue weighted by Gasteiger charge is 2.55. The first-order chi connectivity index (χ1) is 20.9. The number of imide groups is 1. The van der Waals surface area contributed by atoms with E-state index in [9.17, 15) is 24.6 Å². The molecular weight excluding hydrogens is 578 g/mol. The number of amides is 2. The number of carbonyl (C=O) groups excluding carboxylic acids is 2. The number of nitrogens with zero attached hydrogens (tertiary/aromatic N) is 6. The molecule has 1 fully saturated rings. The van der Waals surface area contributed by atoms with Gasteiger partial charge in [-0.25, -0.2) is 19.7 Å². The van der Waals surface area contributed by atoms with Gasteiger partial charge in [-0.3, -0.25) is 24.0 Å². The molecule has 1 aliphatic rings. The number of rotatable bonds is 12. The number of hydrogen-bond acceptors (Lipinski definition) is 13. The smallest absolute Gasteiger partial charge is 0.335 e.